The Balaban J connectivity index is 1.61. The number of hydrogen-bond donors (Lipinski definition) is 3. The molecule has 13 nitrogen and oxygen atoms in total. The molecule has 3 N–H and O–H groups in total. The van der Waals surface area contributed by atoms with Gasteiger partial charge in [0, 0.05) is 24.2 Å². The average molecular weight is 575 g/mol. The number of nitro benzene ring substituents is 1. The molecule has 1 fully saturated rings. The van der Waals surface area contributed by atoms with Gasteiger partial charge in [-0.15, -0.1) is 5.10 Å². The minimum absolute atomic E-state index is 0.0825. The van der Waals surface area contributed by atoms with Crippen LogP contribution in [0.2, 0.25) is 0 Å². The molecule has 4 rings (SSSR count). The summed E-state index contributed by atoms with van der Waals surface area (Å²) in [6, 6.07) is 2.50. The first kappa shape index (κ1) is 29.0. The minimum Gasteiger partial charge on any atom is -0.444 e. The highest BCUT2D eigenvalue weighted by Crippen LogP contribution is 2.35. The molecule has 2 heterocycles. The SMILES string of the molecule is Cn1nnnc1Sc1cc(CNC(=O)OC(C)(C)C)c([N+](=O)[O-])cc1C(=O)NC1NC=C(C2CCCC2)C=C1F. The molecule has 1 aromatic carbocycles. The van der Waals surface area contributed by atoms with Crippen LogP contribution in [0.25, 0.3) is 0 Å². The summed E-state index contributed by atoms with van der Waals surface area (Å²) < 4.78 is 21.6. The van der Waals surface area contributed by atoms with Gasteiger partial charge in [0.05, 0.1) is 22.6 Å². The van der Waals surface area contributed by atoms with Crippen LogP contribution in [-0.4, -0.2) is 48.9 Å². The van der Waals surface area contributed by atoms with Crippen molar-refractivity contribution >= 4 is 29.4 Å². The molecule has 0 bridgehead atoms. The maximum atomic E-state index is 15.0. The summed E-state index contributed by atoms with van der Waals surface area (Å²) in [6.45, 7) is 4.83. The summed E-state index contributed by atoms with van der Waals surface area (Å²) >= 11 is 0.993. The summed E-state index contributed by atoms with van der Waals surface area (Å²) in [5, 5.41) is 31.5. The Labute approximate surface area is 234 Å². The molecule has 1 unspecified atom stereocenters. The fourth-order valence-corrected chi connectivity index (χ4v) is 5.33. The molecule has 0 spiro atoms. The molecule has 1 saturated carbocycles. The van der Waals surface area contributed by atoms with Gasteiger partial charge in [0.25, 0.3) is 11.6 Å². The summed E-state index contributed by atoms with van der Waals surface area (Å²) in [6.07, 6.45) is 5.42. The van der Waals surface area contributed by atoms with E-state index in [9.17, 15) is 24.1 Å². The molecule has 2 aliphatic rings. The predicted octanol–water partition coefficient (Wildman–Crippen LogP) is 3.88. The van der Waals surface area contributed by atoms with Crippen molar-refractivity contribution in [3.63, 3.8) is 0 Å². The fourth-order valence-electron chi connectivity index (χ4n) is 4.43. The van der Waals surface area contributed by atoms with E-state index in [2.05, 4.69) is 31.5 Å². The van der Waals surface area contributed by atoms with E-state index in [0.717, 1.165) is 49.1 Å². The maximum absolute atomic E-state index is 15.0. The first-order valence-corrected chi connectivity index (χ1v) is 13.6. The number of amides is 2. The number of halogens is 1. The van der Waals surface area contributed by atoms with E-state index < -0.39 is 40.2 Å². The van der Waals surface area contributed by atoms with E-state index in [1.807, 2.05) is 0 Å². The zero-order valence-corrected chi connectivity index (χ0v) is 23.4. The third-order valence-electron chi connectivity index (χ3n) is 6.33. The van der Waals surface area contributed by atoms with Gasteiger partial charge in [-0.25, -0.2) is 13.9 Å². The molecular weight excluding hydrogens is 543 g/mol. The number of carbonyl (C=O) groups is 2. The van der Waals surface area contributed by atoms with E-state index in [0.29, 0.717) is 5.16 Å². The number of carbonyl (C=O) groups excluding carboxylic acids is 2. The lowest BCUT2D eigenvalue weighted by atomic mass is 9.96. The second-order valence-corrected chi connectivity index (χ2v) is 11.5. The lowest BCUT2D eigenvalue weighted by Crippen LogP contribution is -2.45. The monoisotopic (exact) mass is 574 g/mol. The van der Waals surface area contributed by atoms with Gasteiger partial charge in [0.1, 0.15) is 11.4 Å². The summed E-state index contributed by atoms with van der Waals surface area (Å²) in [5.74, 6) is -1.02. The van der Waals surface area contributed by atoms with Crippen LogP contribution in [0.4, 0.5) is 14.9 Å². The summed E-state index contributed by atoms with van der Waals surface area (Å²) in [7, 11) is 1.60. The molecule has 0 saturated heterocycles. The fraction of sp³-hybridized carbons (Fsp3) is 0.480. The molecule has 2 aromatic rings. The van der Waals surface area contributed by atoms with Gasteiger partial charge in [-0.3, -0.25) is 14.9 Å². The number of nitrogens with one attached hydrogen (secondary N) is 3. The van der Waals surface area contributed by atoms with Gasteiger partial charge in [0.2, 0.25) is 5.16 Å². The first-order valence-electron chi connectivity index (χ1n) is 12.7. The van der Waals surface area contributed by atoms with Crippen LogP contribution in [-0.2, 0) is 18.3 Å². The number of ether oxygens (including phenoxy) is 1. The number of hydrogen-bond acceptors (Lipinski definition) is 10. The van der Waals surface area contributed by atoms with Crippen molar-refractivity contribution in [1.82, 2.24) is 36.2 Å². The van der Waals surface area contributed by atoms with Crippen molar-refractivity contribution in [2.75, 3.05) is 0 Å². The smallest absolute Gasteiger partial charge is 0.407 e. The Hall–Kier alpha value is -4.01. The minimum atomic E-state index is -1.14. The van der Waals surface area contributed by atoms with Gasteiger partial charge >= 0.3 is 6.09 Å². The third-order valence-corrected chi connectivity index (χ3v) is 7.41. The van der Waals surface area contributed by atoms with Gasteiger partial charge < -0.3 is 20.7 Å². The highest BCUT2D eigenvalue weighted by Gasteiger charge is 2.29. The quantitative estimate of drug-likeness (QED) is 0.311. The average Bonchev–Trinajstić information content (AvgIpc) is 3.55. The Kier molecular flexibility index (Phi) is 8.71. The van der Waals surface area contributed by atoms with Crippen molar-refractivity contribution < 1.29 is 23.6 Å². The third kappa shape index (κ3) is 7.14. The molecule has 2 amide bonds. The number of benzene rings is 1. The van der Waals surface area contributed by atoms with Gasteiger partial charge in [-0.1, -0.05) is 12.8 Å². The van der Waals surface area contributed by atoms with Crippen LogP contribution in [0.5, 0.6) is 0 Å². The standard InChI is InChI=1S/C25H31FN8O5S/c1-25(2,3)39-24(36)28-13-16-10-20(40-23-30-31-32-33(23)4)17(11-19(16)34(37)38)22(35)29-21-18(26)9-15(12-27-21)14-7-5-6-8-14/h9-12,14,21,27H,5-8,13H2,1-4H3,(H,28,36)(H,29,35). The number of tetrazole rings is 1. The lowest BCUT2D eigenvalue weighted by Gasteiger charge is -2.24. The van der Waals surface area contributed by atoms with Gasteiger partial charge in [0.15, 0.2) is 6.17 Å². The number of alkyl carbamates (subject to hydrolysis) is 1. The van der Waals surface area contributed by atoms with E-state index in [1.165, 1.54) is 16.8 Å². The topological polar surface area (TPSA) is 166 Å². The number of aromatic nitrogens is 4. The van der Waals surface area contributed by atoms with Crippen molar-refractivity contribution in [1.29, 1.82) is 0 Å². The normalized spacial score (nSPS) is 17.5. The highest BCUT2D eigenvalue weighted by molar-refractivity contribution is 7.99. The second kappa shape index (κ2) is 12.0. The zero-order chi connectivity index (χ0) is 29.0. The molecule has 1 aliphatic carbocycles. The van der Waals surface area contributed by atoms with Crippen molar-refractivity contribution in [2.45, 2.75) is 74.8 Å². The predicted molar refractivity (Wildman–Crippen MR) is 143 cm³/mol. The van der Waals surface area contributed by atoms with Crippen LogP contribution in [0.15, 0.2) is 45.9 Å². The largest absolute Gasteiger partial charge is 0.444 e. The Morgan fingerprint density at radius 3 is 2.62 bits per heavy atom. The Morgan fingerprint density at radius 2 is 2.02 bits per heavy atom. The lowest BCUT2D eigenvalue weighted by molar-refractivity contribution is -0.385. The molecule has 40 heavy (non-hydrogen) atoms. The number of nitro groups is 1. The first-order chi connectivity index (χ1) is 18.9. The number of allylic oxidation sites excluding steroid dienone is 2. The Bertz CT molecular complexity index is 1360. The van der Waals surface area contributed by atoms with E-state index >= 15 is 0 Å². The van der Waals surface area contributed by atoms with Crippen LogP contribution in [0.1, 0.15) is 62.4 Å². The van der Waals surface area contributed by atoms with Gasteiger partial charge in [-0.05, 0) is 79.4 Å². The van der Waals surface area contributed by atoms with E-state index in [1.54, 1.807) is 34.0 Å². The van der Waals surface area contributed by atoms with E-state index in [4.69, 9.17) is 4.74 Å². The van der Waals surface area contributed by atoms with Crippen LogP contribution >= 0.6 is 11.8 Å². The highest BCUT2D eigenvalue weighted by atomic mass is 32.2. The Morgan fingerprint density at radius 1 is 1.30 bits per heavy atom. The second-order valence-electron chi connectivity index (χ2n) is 10.5. The van der Waals surface area contributed by atoms with E-state index in [-0.39, 0.29) is 28.5 Å². The van der Waals surface area contributed by atoms with Crippen LogP contribution < -0.4 is 16.0 Å². The maximum Gasteiger partial charge on any atom is 0.407 e. The zero-order valence-electron chi connectivity index (χ0n) is 22.6. The van der Waals surface area contributed by atoms with Crippen LogP contribution in [0.3, 0.4) is 0 Å². The van der Waals surface area contributed by atoms with Crippen molar-refractivity contribution in [3.8, 4) is 0 Å². The molecule has 214 valence electrons. The molecule has 0 radical (unpaired) electrons. The molecule has 15 heteroatoms. The van der Waals surface area contributed by atoms with Crippen LogP contribution in [0, 0.1) is 16.0 Å². The molecule has 1 aliphatic heterocycles. The van der Waals surface area contributed by atoms with Crippen molar-refractivity contribution in [3.05, 3.63) is 57.0 Å². The molecular formula is C25H31FN8O5S. The number of nitrogens with zero attached hydrogens (tertiary/aromatic N) is 5. The van der Waals surface area contributed by atoms with Gasteiger partial charge in [-0.2, -0.15) is 0 Å². The number of aryl methyl sites for hydroxylation is 1. The van der Waals surface area contributed by atoms with Crippen molar-refractivity contribution in [2.24, 2.45) is 13.0 Å². The number of dihydropyridines is 1. The molecule has 1 aromatic heterocycles. The summed E-state index contributed by atoms with van der Waals surface area (Å²) in [4.78, 5) is 37.1. The number of rotatable bonds is 8. The molecule has 1 atom stereocenters. The summed E-state index contributed by atoms with van der Waals surface area (Å²) in [5.41, 5.74) is -0.278.